The van der Waals surface area contributed by atoms with E-state index in [1.807, 2.05) is 0 Å². The van der Waals surface area contributed by atoms with Crippen molar-refractivity contribution in [1.29, 1.82) is 0 Å². The zero-order valence-corrected chi connectivity index (χ0v) is 20.2. The highest BCUT2D eigenvalue weighted by atomic mass is 16.3. The second kappa shape index (κ2) is 8.34. The Bertz CT molecular complexity index is 605. The molecule has 4 aliphatic rings. The molecule has 4 aliphatic carbocycles. The van der Waals surface area contributed by atoms with Gasteiger partial charge in [-0.05, 0) is 97.2 Å². The van der Waals surface area contributed by atoms with Crippen molar-refractivity contribution in [3.63, 3.8) is 0 Å². The Morgan fingerprint density at radius 1 is 0.767 bits per heavy atom. The van der Waals surface area contributed by atoms with Gasteiger partial charge < -0.3 is 15.3 Å². The van der Waals surface area contributed by atoms with Gasteiger partial charge in [0.15, 0.2) is 0 Å². The highest BCUT2D eigenvalue weighted by Crippen LogP contribution is 2.68. The maximum atomic E-state index is 11.2. The fourth-order valence-corrected chi connectivity index (χ4v) is 9.35. The molecule has 0 aromatic heterocycles. The van der Waals surface area contributed by atoms with E-state index in [2.05, 4.69) is 34.6 Å². The van der Waals surface area contributed by atoms with Crippen LogP contribution < -0.4 is 0 Å². The van der Waals surface area contributed by atoms with Crippen molar-refractivity contribution >= 4 is 0 Å². The molecule has 4 fully saturated rings. The van der Waals surface area contributed by atoms with Crippen LogP contribution in [0.25, 0.3) is 0 Å². The van der Waals surface area contributed by atoms with Gasteiger partial charge in [0, 0.05) is 0 Å². The largest absolute Gasteiger partial charge is 0.393 e. The number of rotatable bonds is 5. The summed E-state index contributed by atoms with van der Waals surface area (Å²) in [6, 6.07) is 0. The minimum absolute atomic E-state index is 0.0245. The Balaban J connectivity index is 1.51. The second-order valence-electron chi connectivity index (χ2n) is 12.9. The summed E-state index contributed by atoms with van der Waals surface area (Å²) in [5.74, 6) is 4.51. The molecule has 4 saturated carbocycles. The zero-order valence-electron chi connectivity index (χ0n) is 20.2. The second-order valence-corrected chi connectivity index (χ2v) is 12.9. The maximum absolute atomic E-state index is 11.2. The Morgan fingerprint density at radius 3 is 2.17 bits per heavy atom. The Kier molecular flexibility index (Phi) is 6.41. The van der Waals surface area contributed by atoms with Crippen LogP contribution in [0, 0.1) is 52.3 Å². The third kappa shape index (κ3) is 3.69. The van der Waals surface area contributed by atoms with E-state index in [1.54, 1.807) is 0 Å². The molecule has 3 nitrogen and oxygen atoms in total. The lowest BCUT2D eigenvalue weighted by molar-refractivity contribution is -0.195. The summed E-state index contributed by atoms with van der Waals surface area (Å²) >= 11 is 0. The minimum Gasteiger partial charge on any atom is -0.393 e. The minimum atomic E-state index is -0.661. The van der Waals surface area contributed by atoms with E-state index in [9.17, 15) is 15.3 Å². The molecule has 0 radical (unpaired) electrons. The number of hydrogen-bond acceptors (Lipinski definition) is 3. The summed E-state index contributed by atoms with van der Waals surface area (Å²) in [5, 5.41) is 31.9. The molecule has 4 rings (SSSR count). The Labute approximate surface area is 185 Å². The van der Waals surface area contributed by atoms with Crippen molar-refractivity contribution in [1.82, 2.24) is 0 Å². The van der Waals surface area contributed by atoms with Gasteiger partial charge in [-0.25, -0.2) is 0 Å². The van der Waals surface area contributed by atoms with Crippen molar-refractivity contribution in [3.8, 4) is 0 Å². The molecule has 0 heterocycles. The molecule has 0 unspecified atom stereocenters. The van der Waals surface area contributed by atoms with E-state index in [0.29, 0.717) is 30.1 Å². The number of hydrogen-bond donors (Lipinski definition) is 3. The quantitative estimate of drug-likeness (QED) is 0.557. The number of aliphatic hydroxyl groups excluding tert-OH is 3. The topological polar surface area (TPSA) is 60.7 Å². The van der Waals surface area contributed by atoms with Gasteiger partial charge in [0.1, 0.15) is 0 Å². The monoisotopic (exact) mass is 420 g/mol. The van der Waals surface area contributed by atoms with Crippen LogP contribution >= 0.6 is 0 Å². The molecule has 0 amide bonds. The van der Waals surface area contributed by atoms with Gasteiger partial charge in [-0.3, -0.25) is 0 Å². The normalized spacial score (nSPS) is 51.9. The molecular formula is C27H48O3. The highest BCUT2D eigenvalue weighted by molar-refractivity contribution is 5.12. The molecule has 0 aromatic carbocycles. The van der Waals surface area contributed by atoms with Gasteiger partial charge in [-0.15, -0.1) is 0 Å². The maximum Gasteiger partial charge on any atom is 0.0804 e. The van der Waals surface area contributed by atoms with Crippen LogP contribution in [0.15, 0.2) is 0 Å². The molecule has 3 heteroatoms. The molecule has 174 valence electrons. The highest BCUT2D eigenvalue weighted by Gasteiger charge is 2.63. The van der Waals surface area contributed by atoms with Gasteiger partial charge in [0.2, 0.25) is 0 Å². The summed E-state index contributed by atoms with van der Waals surface area (Å²) in [7, 11) is 0. The molecule has 0 bridgehead atoms. The van der Waals surface area contributed by atoms with E-state index in [-0.39, 0.29) is 17.4 Å². The van der Waals surface area contributed by atoms with Crippen molar-refractivity contribution in [2.45, 2.75) is 117 Å². The van der Waals surface area contributed by atoms with Crippen molar-refractivity contribution in [3.05, 3.63) is 0 Å². The fraction of sp³-hybridized carbons (Fsp3) is 1.00. The molecule has 0 spiro atoms. The lowest BCUT2D eigenvalue weighted by atomic mass is 9.43. The van der Waals surface area contributed by atoms with Crippen LogP contribution in [0.1, 0.15) is 98.8 Å². The predicted molar refractivity (Wildman–Crippen MR) is 122 cm³/mol. The fourth-order valence-electron chi connectivity index (χ4n) is 9.35. The van der Waals surface area contributed by atoms with Crippen molar-refractivity contribution in [2.24, 2.45) is 52.3 Å². The first-order valence-electron chi connectivity index (χ1n) is 13.1. The van der Waals surface area contributed by atoms with Gasteiger partial charge in [0.05, 0.1) is 18.3 Å². The van der Waals surface area contributed by atoms with Crippen LogP contribution in [-0.2, 0) is 0 Å². The predicted octanol–water partition coefficient (Wildman–Crippen LogP) is 5.41. The Hall–Kier alpha value is -0.120. The van der Waals surface area contributed by atoms with Gasteiger partial charge in [0.25, 0.3) is 0 Å². The molecule has 11 atom stereocenters. The summed E-state index contributed by atoms with van der Waals surface area (Å²) < 4.78 is 0. The van der Waals surface area contributed by atoms with E-state index >= 15 is 0 Å². The molecular weight excluding hydrogens is 372 g/mol. The van der Waals surface area contributed by atoms with Crippen LogP contribution in [0.4, 0.5) is 0 Å². The smallest absolute Gasteiger partial charge is 0.0804 e. The van der Waals surface area contributed by atoms with Crippen LogP contribution in [-0.4, -0.2) is 33.6 Å². The van der Waals surface area contributed by atoms with E-state index < -0.39 is 12.2 Å². The first kappa shape index (κ1) is 23.1. The van der Waals surface area contributed by atoms with Crippen LogP contribution in [0.2, 0.25) is 0 Å². The first-order chi connectivity index (χ1) is 14.1. The van der Waals surface area contributed by atoms with Crippen molar-refractivity contribution in [2.75, 3.05) is 0 Å². The van der Waals surface area contributed by atoms with Gasteiger partial charge >= 0.3 is 0 Å². The molecule has 0 aromatic rings. The SMILES string of the molecule is CC(C)CCC[C@@H](C)[C@H]1CC[C@H]2[C@@H]3C[C@@H](O)[C@H]4C[C@@H](O)[C@@H](O)C[C@]4(C)[C@H]3CC[C@]12C. The summed E-state index contributed by atoms with van der Waals surface area (Å²) in [5.41, 5.74) is 0.400. The lowest BCUT2D eigenvalue weighted by Gasteiger charge is -2.62. The summed E-state index contributed by atoms with van der Waals surface area (Å²) in [6.45, 7) is 12.1. The van der Waals surface area contributed by atoms with Crippen LogP contribution in [0.5, 0.6) is 0 Å². The average Bonchev–Trinajstić information content (AvgIpc) is 3.01. The van der Waals surface area contributed by atoms with E-state index in [1.165, 1.54) is 44.9 Å². The summed E-state index contributed by atoms with van der Waals surface area (Å²) in [6.07, 6.45) is 9.88. The van der Waals surface area contributed by atoms with E-state index in [4.69, 9.17) is 0 Å². The molecule has 30 heavy (non-hydrogen) atoms. The summed E-state index contributed by atoms with van der Waals surface area (Å²) in [4.78, 5) is 0. The first-order valence-corrected chi connectivity index (χ1v) is 13.1. The number of fused-ring (bicyclic) bond motifs is 5. The molecule has 3 N–H and O–H groups in total. The molecule has 0 aliphatic heterocycles. The standard InChI is InChI=1S/C27H48O3/c1-16(2)7-6-8-17(3)19-9-10-20-18-13-23(28)22-14-24(29)25(30)15-27(22,5)21(18)11-12-26(19,20)4/h16-25,28-30H,6-15H2,1-5H3/t17-,18+,19-,20+,21+,22-,23-,24-,25+,26-,27-/m1/s1. The van der Waals surface area contributed by atoms with Gasteiger partial charge in [-0.1, -0.05) is 53.9 Å². The third-order valence-corrected chi connectivity index (χ3v) is 10.9. The Morgan fingerprint density at radius 2 is 1.47 bits per heavy atom. The van der Waals surface area contributed by atoms with Crippen LogP contribution in [0.3, 0.4) is 0 Å². The van der Waals surface area contributed by atoms with Crippen molar-refractivity contribution < 1.29 is 15.3 Å². The zero-order chi connectivity index (χ0) is 21.8. The molecule has 0 saturated heterocycles. The lowest BCUT2D eigenvalue weighted by Crippen LogP contribution is -2.60. The average molecular weight is 421 g/mol. The third-order valence-electron chi connectivity index (χ3n) is 10.9. The van der Waals surface area contributed by atoms with E-state index in [0.717, 1.165) is 30.1 Å². The van der Waals surface area contributed by atoms with Gasteiger partial charge in [-0.2, -0.15) is 0 Å². The number of aliphatic hydroxyl groups is 3.